The molecule has 1 amide bonds. The Labute approximate surface area is 103 Å². The average molecular weight is 241 g/mol. The molecular weight excluding hydrogens is 218 g/mol. The number of carbonyl (C=O) groups is 1. The molecule has 0 aromatic rings. The van der Waals surface area contributed by atoms with Gasteiger partial charge in [0.1, 0.15) is 5.60 Å². The molecule has 4 nitrogen and oxygen atoms in total. The Bertz CT molecular complexity index is 304. The summed E-state index contributed by atoms with van der Waals surface area (Å²) >= 11 is 0. The van der Waals surface area contributed by atoms with Gasteiger partial charge in [-0.1, -0.05) is 0 Å². The van der Waals surface area contributed by atoms with Crippen LogP contribution in [0, 0.1) is 0 Å². The molecule has 0 radical (unpaired) electrons. The van der Waals surface area contributed by atoms with Crippen molar-refractivity contribution in [1.29, 1.82) is 0 Å². The van der Waals surface area contributed by atoms with Crippen LogP contribution in [0.25, 0.3) is 0 Å². The van der Waals surface area contributed by atoms with Gasteiger partial charge in [0.25, 0.3) is 0 Å². The van der Waals surface area contributed by atoms with Crippen molar-refractivity contribution in [3.05, 3.63) is 0 Å². The summed E-state index contributed by atoms with van der Waals surface area (Å²) in [7, 11) is 0. The zero-order valence-corrected chi connectivity index (χ0v) is 11.0. The van der Waals surface area contributed by atoms with Gasteiger partial charge in [0.05, 0.1) is 6.10 Å². The topological polar surface area (TPSA) is 49.8 Å². The van der Waals surface area contributed by atoms with Gasteiger partial charge in [-0.05, 0) is 52.9 Å². The van der Waals surface area contributed by atoms with Crippen LogP contribution >= 0.6 is 0 Å². The second-order valence-electron chi connectivity index (χ2n) is 6.36. The molecular formula is C13H23NO3. The molecule has 0 unspecified atom stereocenters. The summed E-state index contributed by atoms with van der Waals surface area (Å²) in [6.45, 7) is 6.28. The zero-order valence-electron chi connectivity index (χ0n) is 11.0. The van der Waals surface area contributed by atoms with Gasteiger partial charge in [0.15, 0.2) is 0 Å². The highest BCUT2D eigenvalue weighted by Gasteiger charge is 2.49. The Morgan fingerprint density at radius 3 is 2.53 bits per heavy atom. The molecule has 1 saturated heterocycles. The lowest BCUT2D eigenvalue weighted by molar-refractivity contribution is -0.0723. The minimum Gasteiger partial charge on any atom is -0.444 e. The number of amides is 1. The summed E-state index contributed by atoms with van der Waals surface area (Å²) in [5, 5.41) is 9.76. The molecule has 4 heteroatoms. The Balaban J connectivity index is 2.06. The number of hydrogen-bond donors (Lipinski definition) is 1. The first-order valence-electron chi connectivity index (χ1n) is 6.51. The van der Waals surface area contributed by atoms with E-state index in [-0.39, 0.29) is 17.7 Å². The molecule has 1 atom stereocenters. The van der Waals surface area contributed by atoms with Crippen LogP contribution in [-0.4, -0.2) is 39.9 Å². The molecule has 0 bridgehead atoms. The van der Waals surface area contributed by atoms with Crippen molar-refractivity contribution in [2.24, 2.45) is 0 Å². The summed E-state index contributed by atoms with van der Waals surface area (Å²) in [6, 6.07) is 0. The van der Waals surface area contributed by atoms with Crippen LogP contribution in [-0.2, 0) is 4.74 Å². The maximum atomic E-state index is 12.2. The molecule has 0 aromatic heterocycles. The maximum Gasteiger partial charge on any atom is 0.410 e. The molecule has 2 rings (SSSR count). The average Bonchev–Trinajstić information content (AvgIpc) is 2.12. The highest BCUT2D eigenvalue weighted by Crippen LogP contribution is 2.44. The van der Waals surface area contributed by atoms with Crippen molar-refractivity contribution in [2.45, 2.75) is 70.1 Å². The molecule has 1 spiro atoms. The van der Waals surface area contributed by atoms with E-state index in [1.807, 2.05) is 25.7 Å². The van der Waals surface area contributed by atoms with E-state index in [0.29, 0.717) is 19.4 Å². The van der Waals surface area contributed by atoms with Gasteiger partial charge in [0, 0.05) is 12.1 Å². The Morgan fingerprint density at radius 1 is 1.41 bits per heavy atom. The maximum absolute atomic E-state index is 12.2. The van der Waals surface area contributed by atoms with Crippen molar-refractivity contribution in [1.82, 2.24) is 4.90 Å². The number of aliphatic hydroxyl groups is 1. The van der Waals surface area contributed by atoms with E-state index in [2.05, 4.69) is 0 Å². The molecule has 1 heterocycles. The second-order valence-corrected chi connectivity index (χ2v) is 6.36. The predicted octanol–water partition coefficient (Wildman–Crippen LogP) is 2.30. The van der Waals surface area contributed by atoms with Gasteiger partial charge >= 0.3 is 6.09 Å². The number of hydrogen-bond acceptors (Lipinski definition) is 3. The SMILES string of the molecule is CC(C)(C)OC(=O)N1CC[C@H](O)CC12CCC2. The number of likely N-dealkylation sites (tertiary alicyclic amines) is 1. The van der Waals surface area contributed by atoms with E-state index in [9.17, 15) is 9.90 Å². The third-order valence-corrected chi connectivity index (χ3v) is 3.77. The van der Waals surface area contributed by atoms with Crippen molar-refractivity contribution in [2.75, 3.05) is 6.54 Å². The van der Waals surface area contributed by atoms with Gasteiger partial charge < -0.3 is 14.7 Å². The van der Waals surface area contributed by atoms with Crippen molar-refractivity contribution >= 4 is 6.09 Å². The van der Waals surface area contributed by atoms with Crippen LogP contribution in [0.3, 0.4) is 0 Å². The molecule has 0 aromatic carbocycles. The predicted molar refractivity (Wildman–Crippen MR) is 64.8 cm³/mol. The largest absolute Gasteiger partial charge is 0.444 e. The number of rotatable bonds is 0. The minimum atomic E-state index is -0.446. The quantitative estimate of drug-likeness (QED) is 0.708. The van der Waals surface area contributed by atoms with Crippen molar-refractivity contribution in [3.8, 4) is 0 Å². The summed E-state index contributed by atoms with van der Waals surface area (Å²) < 4.78 is 5.45. The third kappa shape index (κ3) is 2.57. The smallest absolute Gasteiger partial charge is 0.410 e. The Morgan fingerprint density at radius 2 is 2.06 bits per heavy atom. The summed E-state index contributed by atoms with van der Waals surface area (Å²) in [5.41, 5.74) is -0.557. The van der Waals surface area contributed by atoms with E-state index in [1.54, 1.807) is 0 Å². The minimum absolute atomic E-state index is 0.111. The summed E-state index contributed by atoms with van der Waals surface area (Å²) in [6.07, 6.45) is 4.06. The number of piperidine rings is 1. The molecule has 2 aliphatic rings. The fraction of sp³-hybridized carbons (Fsp3) is 0.923. The summed E-state index contributed by atoms with van der Waals surface area (Å²) in [4.78, 5) is 14.0. The number of nitrogens with zero attached hydrogens (tertiary/aromatic N) is 1. The van der Waals surface area contributed by atoms with Crippen LogP contribution in [0.5, 0.6) is 0 Å². The van der Waals surface area contributed by atoms with Crippen LogP contribution < -0.4 is 0 Å². The van der Waals surface area contributed by atoms with Gasteiger partial charge in [-0.15, -0.1) is 0 Å². The fourth-order valence-corrected chi connectivity index (χ4v) is 2.83. The van der Waals surface area contributed by atoms with E-state index in [0.717, 1.165) is 19.3 Å². The van der Waals surface area contributed by atoms with E-state index < -0.39 is 5.60 Å². The molecule has 98 valence electrons. The van der Waals surface area contributed by atoms with Crippen molar-refractivity contribution < 1.29 is 14.6 Å². The fourth-order valence-electron chi connectivity index (χ4n) is 2.83. The first-order chi connectivity index (χ1) is 7.82. The standard InChI is InChI=1S/C13H23NO3/c1-12(2,3)17-11(16)14-8-5-10(15)9-13(14)6-4-7-13/h10,15H,4-9H2,1-3H3/t10-/m0/s1. The molecule has 2 fully saturated rings. The second kappa shape index (κ2) is 4.16. The van der Waals surface area contributed by atoms with Crippen LogP contribution in [0.1, 0.15) is 52.9 Å². The van der Waals surface area contributed by atoms with Crippen molar-refractivity contribution in [3.63, 3.8) is 0 Å². The lowest BCUT2D eigenvalue weighted by Gasteiger charge is -2.53. The van der Waals surface area contributed by atoms with E-state index in [1.165, 1.54) is 0 Å². The number of ether oxygens (including phenoxy) is 1. The lowest BCUT2D eigenvalue weighted by atomic mass is 9.69. The molecule has 1 saturated carbocycles. The molecule has 17 heavy (non-hydrogen) atoms. The van der Waals surface area contributed by atoms with Gasteiger partial charge in [0.2, 0.25) is 0 Å². The highest BCUT2D eigenvalue weighted by atomic mass is 16.6. The zero-order chi connectivity index (χ0) is 12.7. The first kappa shape index (κ1) is 12.7. The normalized spacial score (nSPS) is 27.8. The van der Waals surface area contributed by atoms with Crippen LogP contribution in [0.15, 0.2) is 0 Å². The first-order valence-corrected chi connectivity index (χ1v) is 6.51. The number of carbonyl (C=O) groups excluding carboxylic acids is 1. The van der Waals surface area contributed by atoms with Gasteiger partial charge in [-0.3, -0.25) is 0 Å². The lowest BCUT2D eigenvalue weighted by Crippen LogP contribution is -2.61. The Hall–Kier alpha value is -0.770. The van der Waals surface area contributed by atoms with Crippen LogP contribution in [0.2, 0.25) is 0 Å². The molecule has 1 N–H and O–H groups in total. The van der Waals surface area contributed by atoms with Gasteiger partial charge in [-0.25, -0.2) is 4.79 Å². The molecule has 1 aliphatic carbocycles. The van der Waals surface area contributed by atoms with E-state index >= 15 is 0 Å². The third-order valence-electron chi connectivity index (χ3n) is 3.77. The Kier molecular flexibility index (Phi) is 3.10. The number of aliphatic hydroxyl groups excluding tert-OH is 1. The monoisotopic (exact) mass is 241 g/mol. The highest BCUT2D eigenvalue weighted by molar-refractivity contribution is 5.69. The van der Waals surface area contributed by atoms with Crippen LogP contribution in [0.4, 0.5) is 4.79 Å². The van der Waals surface area contributed by atoms with E-state index in [4.69, 9.17) is 4.74 Å². The molecule has 1 aliphatic heterocycles. The summed E-state index contributed by atoms with van der Waals surface area (Å²) in [5.74, 6) is 0. The van der Waals surface area contributed by atoms with Gasteiger partial charge in [-0.2, -0.15) is 0 Å².